The lowest BCUT2D eigenvalue weighted by Gasteiger charge is -2.21. The van der Waals surface area contributed by atoms with E-state index in [0.29, 0.717) is 15.6 Å². The zero-order chi connectivity index (χ0) is 13.0. The van der Waals surface area contributed by atoms with Crippen LogP contribution in [0, 0.1) is 0 Å². The highest BCUT2D eigenvalue weighted by molar-refractivity contribution is 6.35. The number of nitrogens with two attached hydrogens (primary N) is 1. The molecule has 0 fully saturated rings. The topological polar surface area (TPSA) is 55.1 Å². The Morgan fingerprint density at radius 3 is 2.59 bits per heavy atom. The Labute approximate surface area is 111 Å². The molecule has 0 bridgehead atoms. The third kappa shape index (κ3) is 3.87. The minimum atomic E-state index is -0.588. The normalized spacial score (nSPS) is 14.4. The van der Waals surface area contributed by atoms with Crippen molar-refractivity contribution in [3.05, 3.63) is 33.8 Å². The van der Waals surface area contributed by atoms with Crippen LogP contribution in [0.1, 0.15) is 31.9 Å². The van der Waals surface area contributed by atoms with Crippen molar-refractivity contribution in [3.63, 3.8) is 0 Å². The van der Waals surface area contributed by atoms with Crippen molar-refractivity contribution in [2.45, 2.75) is 32.4 Å². The van der Waals surface area contributed by atoms with Gasteiger partial charge in [0.2, 0.25) is 5.91 Å². The van der Waals surface area contributed by atoms with Gasteiger partial charge in [-0.15, -0.1) is 0 Å². The van der Waals surface area contributed by atoms with Gasteiger partial charge in [0.15, 0.2) is 0 Å². The second-order valence-corrected chi connectivity index (χ2v) is 4.82. The van der Waals surface area contributed by atoms with E-state index >= 15 is 0 Å². The molecule has 0 aromatic heterocycles. The van der Waals surface area contributed by atoms with E-state index in [4.69, 9.17) is 28.9 Å². The number of carbonyl (C=O) groups excluding carboxylic acids is 1. The highest BCUT2D eigenvalue weighted by Crippen LogP contribution is 2.26. The highest BCUT2D eigenvalue weighted by Gasteiger charge is 2.21. The molecule has 1 aromatic rings. The molecule has 0 heterocycles. The van der Waals surface area contributed by atoms with Crippen LogP contribution < -0.4 is 11.1 Å². The van der Waals surface area contributed by atoms with Gasteiger partial charge in [-0.1, -0.05) is 36.2 Å². The van der Waals surface area contributed by atoms with E-state index in [0.717, 1.165) is 6.42 Å². The molecule has 17 heavy (non-hydrogen) atoms. The summed E-state index contributed by atoms with van der Waals surface area (Å²) in [4.78, 5) is 11.5. The number of amides is 1. The lowest BCUT2D eigenvalue weighted by Crippen LogP contribution is -2.38. The fraction of sp³-hybridized carbons (Fsp3) is 0.417. The first-order valence-electron chi connectivity index (χ1n) is 5.46. The summed E-state index contributed by atoms with van der Waals surface area (Å²) in [6, 6.07) is 4.60. The van der Waals surface area contributed by atoms with Gasteiger partial charge in [-0.05, 0) is 31.0 Å². The number of carbonyl (C=O) groups is 1. The molecule has 0 aliphatic carbocycles. The van der Waals surface area contributed by atoms with Crippen LogP contribution in [0.25, 0.3) is 0 Å². The van der Waals surface area contributed by atoms with Gasteiger partial charge in [0, 0.05) is 16.1 Å². The van der Waals surface area contributed by atoms with Crippen LogP contribution in [0.2, 0.25) is 10.0 Å². The molecule has 0 saturated carbocycles. The summed E-state index contributed by atoms with van der Waals surface area (Å²) in [6.07, 6.45) is 0.898. The summed E-state index contributed by atoms with van der Waals surface area (Å²) >= 11 is 11.9. The number of hydrogen-bond donors (Lipinski definition) is 2. The zero-order valence-electron chi connectivity index (χ0n) is 9.84. The van der Waals surface area contributed by atoms with Gasteiger partial charge in [0.25, 0.3) is 0 Å². The molecule has 0 aliphatic rings. The number of rotatable bonds is 5. The molecule has 94 valence electrons. The van der Waals surface area contributed by atoms with Crippen molar-refractivity contribution < 1.29 is 4.79 Å². The maximum absolute atomic E-state index is 11.5. The Balaban J connectivity index is 3.01. The van der Waals surface area contributed by atoms with Crippen LogP contribution in [0.5, 0.6) is 0 Å². The molecular formula is C12H16Cl2N2O. The van der Waals surface area contributed by atoms with E-state index in [1.54, 1.807) is 18.2 Å². The van der Waals surface area contributed by atoms with E-state index in [1.807, 2.05) is 13.8 Å². The summed E-state index contributed by atoms with van der Waals surface area (Å²) in [7, 11) is 0. The largest absolute Gasteiger partial charge is 0.368 e. The Bertz CT molecular complexity index is 409. The van der Waals surface area contributed by atoms with Gasteiger partial charge in [0.1, 0.15) is 6.04 Å². The quantitative estimate of drug-likeness (QED) is 0.868. The van der Waals surface area contributed by atoms with Gasteiger partial charge >= 0.3 is 0 Å². The summed E-state index contributed by atoms with van der Waals surface area (Å²) in [6.45, 7) is 4.01. The second kappa shape index (κ2) is 6.24. The molecule has 1 rings (SSSR count). The fourth-order valence-electron chi connectivity index (χ4n) is 1.46. The molecule has 0 saturated heterocycles. The molecule has 1 amide bonds. The molecule has 2 atom stereocenters. The van der Waals surface area contributed by atoms with Crippen LogP contribution >= 0.6 is 23.2 Å². The molecule has 0 spiro atoms. The Hall–Kier alpha value is -0.770. The maximum atomic E-state index is 11.5. The van der Waals surface area contributed by atoms with E-state index in [9.17, 15) is 4.79 Å². The molecule has 1 aromatic carbocycles. The zero-order valence-corrected chi connectivity index (χ0v) is 11.3. The van der Waals surface area contributed by atoms with Crippen molar-refractivity contribution in [2.24, 2.45) is 5.73 Å². The lowest BCUT2D eigenvalue weighted by molar-refractivity contribution is -0.120. The summed E-state index contributed by atoms with van der Waals surface area (Å²) in [5.41, 5.74) is 6.04. The molecule has 5 heteroatoms. The third-order valence-corrected chi connectivity index (χ3v) is 3.18. The third-order valence-electron chi connectivity index (χ3n) is 2.62. The summed E-state index contributed by atoms with van der Waals surface area (Å²) in [5.74, 6) is -0.450. The summed E-state index contributed by atoms with van der Waals surface area (Å²) in [5, 5.41) is 4.12. The molecule has 0 aliphatic heterocycles. The van der Waals surface area contributed by atoms with Crippen LogP contribution in [0.4, 0.5) is 0 Å². The standard InChI is InChI=1S/C12H16Cl2N2O/c1-3-7(2)16-11(12(15)17)9-5-4-8(13)6-10(9)14/h4-7,11,16H,3H2,1-2H3,(H2,15,17). The Morgan fingerprint density at radius 1 is 1.47 bits per heavy atom. The average molecular weight is 275 g/mol. The number of primary amides is 1. The maximum Gasteiger partial charge on any atom is 0.239 e. The monoisotopic (exact) mass is 274 g/mol. The number of hydrogen-bond acceptors (Lipinski definition) is 2. The van der Waals surface area contributed by atoms with Crippen LogP contribution in [-0.4, -0.2) is 11.9 Å². The SMILES string of the molecule is CCC(C)NC(C(N)=O)c1ccc(Cl)cc1Cl. The minimum Gasteiger partial charge on any atom is -0.368 e. The Morgan fingerprint density at radius 2 is 2.12 bits per heavy atom. The van der Waals surface area contributed by atoms with E-state index in [1.165, 1.54) is 0 Å². The van der Waals surface area contributed by atoms with Crippen molar-refractivity contribution in [1.82, 2.24) is 5.32 Å². The summed E-state index contributed by atoms with van der Waals surface area (Å²) < 4.78 is 0. The number of nitrogens with one attached hydrogen (secondary N) is 1. The van der Waals surface area contributed by atoms with E-state index in [-0.39, 0.29) is 6.04 Å². The van der Waals surface area contributed by atoms with Gasteiger partial charge < -0.3 is 5.73 Å². The van der Waals surface area contributed by atoms with Gasteiger partial charge in [-0.2, -0.15) is 0 Å². The predicted molar refractivity (Wildman–Crippen MR) is 71.3 cm³/mol. The molecular weight excluding hydrogens is 259 g/mol. The first-order chi connectivity index (χ1) is 7.95. The van der Waals surface area contributed by atoms with Crippen molar-refractivity contribution >= 4 is 29.1 Å². The van der Waals surface area contributed by atoms with Crippen molar-refractivity contribution in [1.29, 1.82) is 0 Å². The number of benzene rings is 1. The van der Waals surface area contributed by atoms with Gasteiger partial charge in [-0.25, -0.2) is 0 Å². The molecule has 0 radical (unpaired) electrons. The highest BCUT2D eigenvalue weighted by atomic mass is 35.5. The van der Waals surface area contributed by atoms with Gasteiger partial charge in [0.05, 0.1) is 0 Å². The average Bonchev–Trinajstić information content (AvgIpc) is 2.26. The van der Waals surface area contributed by atoms with Crippen LogP contribution in [0.15, 0.2) is 18.2 Å². The van der Waals surface area contributed by atoms with Crippen molar-refractivity contribution in [3.8, 4) is 0 Å². The van der Waals surface area contributed by atoms with E-state index < -0.39 is 11.9 Å². The first kappa shape index (κ1) is 14.3. The van der Waals surface area contributed by atoms with E-state index in [2.05, 4.69) is 5.32 Å². The molecule has 2 unspecified atom stereocenters. The second-order valence-electron chi connectivity index (χ2n) is 3.98. The first-order valence-corrected chi connectivity index (χ1v) is 6.21. The van der Waals surface area contributed by atoms with Crippen LogP contribution in [-0.2, 0) is 4.79 Å². The Kier molecular flexibility index (Phi) is 5.25. The minimum absolute atomic E-state index is 0.180. The molecule has 3 nitrogen and oxygen atoms in total. The van der Waals surface area contributed by atoms with Crippen molar-refractivity contribution in [2.75, 3.05) is 0 Å². The van der Waals surface area contributed by atoms with Gasteiger partial charge in [-0.3, -0.25) is 10.1 Å². The molecule has 3 N–H and O–H groups in total. The lowest BCUT2D eigenvalue weighted by atomic mass is 10.0. The fourth-order valence-corrected chi connectivity index (χ4v) is 1.98. The smallest absolute Gasteiger partial charge is 0.239 e. The predicted octanol–water partition coefficient (Wildman–Crippen LogP) is 2.91. The number of halogens is 2. The van der Waals surface area contributed by atoms with Crippen LogP contribution in [0.3, 0.4) is 0 Å².